The second-order valence-electron chi connectivity index (χ2n) is 10.9. The van der Waals surface area contributed by atoms with E-state index in [4.69, 9.17) is 35.5 Å². The predicted molar refractivity (Wildman–Crippen MR) is 155 cm³/mol. The maximum atomic E-state index is 13.9. The SMILES string of the molecule is COCCOCCOCCS(=O)(=O)NC12CC(C3=C(C(=O)OC)[C@@H](C4CC=C(F)C=C4Cl)N=C(c4nccs4)N3)(C1)C2. The number of hydrogen-bond donors (Lipinski definition) is 2. The zero-order valence-electron chi connectivity index (χ0n) is 23.4. The van der Waals surface area contributed by atoms with Crippen LogP contribution in [0.1, 0.15) is 30.7 Å². The highest BCUT2D eigenvalue weighted by atomic mass is 35.5. The fourth-order valence-electron chi connectivity index (χ4n) is 6.17. The Kier molecular flexibility index (Phi) is 9.52. The van der Waals surface area contributed by atoms with Crippen molar-refractivity contribution in [3.63, 3.8) is 0 Å². The number of rotatable bonds is 15. The highest BCUT2D eigenvalue weighted by Crippen LogP contribution is 2.71. The standard InChI is InChI=1S/C27H34ClFN4O7S2/c1-37-6-7-39-8-9-40-10-12-42(35,36)33-27-14-26(15-27,16-27)22-20(25(34)38-2)21(18-4-3-17(29)13-19(18)28)31-23(32-22)24-30-5-11-41-24/h3,5,11,13,18,21,33H,4,6-10,12,14-16H2,1-2H3,(H,31,32)/t18?,21-,26?,27?/m1/s1. The van der Waals surface area contributed by atoms with E-state index in [1.54, 1.807) is 13.3 Å². The van der Waals surface area contributed by atoms with Crippen LogP contribution in [0.2, 0.25) is 0 Å². The molecule has 230 valence electrons. The maximum absolute atomic E-state index is 13.9. The molecule has 6 rings (SSSR count). The number of sulfonamides is 1. The molecule has 1 aromatic heterocycles. The number of carbonyl (C=O) groups excluding carboxylic acids is 1. The Balaban J connectivity index is 1.30. The lowest BCUT2D eigenvalue weighted by molar-refractivity contribution is -0.139. The Labute approximate surface area is 253 Å². The van der Waals surface area contributed by atoms with Crippen LogP contribution in [0.15, 0.2) is 50.9 Å². The van der Waals surface area contributed by atoms with Crippen LogP contribution in [0.4, 0.5) is 4.39 Å². The van der Waals surface area contributed by atoms with Gasteiger partial charge in [-0.2, -0.15) is 0 Å². The summed E-state index contributed by atoms with van der Waals surface area (Å²) in [5.74, 6) is -1.16. The van der Waals surface area contributed by atoms with E-state index in [1.807, 2.05) is 5.38 Å². The molecule has 2 bridgehead atoms. The van der Waals surface area contributed by atoms with Crippen LogP contribution in [0.5, 0.6) is 0 Å². The van der Waals surface area contributed by atoms with Gasteiger partial charge in [-0.3, -0.25) is 4.99 Å². The van der Waals surface area contributed by atoms with Crippen molar-refractivity contribution in [1.29, 1.82) is 0 Å². The topological polar surface area (TPSA) is 137 Å². The summed E-state index contributed by atoms with van der Waals surface area (Å²) in [7, 11) is -0.720. The maximum Gasteiger partial charge on any atom is 0.337 e. The number of halogens is 2. The highest BCUT2D eigenvalue weighted by molar-refractivity contribution is 7.89. The fourth-order valence-corrected chi connectivity index (χ4v) is 8.38. The summed E-state index contributed by atoms with van der Waals surface area (Å²) in [6, 6.07) is -0.738. The van der Waals surface area contributed by atoms with Gasteiger partial charge in [-0.1, -0.05) is 11.6 Å². The number of thiazole rings is 1. The molecule has 42 heavy (non-hydrogen) atoms. The monoisotopic (exact) mass is 644 g/mol. The van der Waals surface area contributed by atoms with Gasteiger partial charge >= 0.3 is 5.97 Å². The Morgan fingerprint density at radius 3 is 2.55 bits per heavy atom. The van der Waals surface area contributed by atoms with Gasteiger partial charge in [0.25, 0.3) is 0 Å². The number of methoxy groups -OCH3 is 2. The molecule has 2 heterocycles. The number of ether oxygens (including phenoxy) is 4. The van der Waals surface area contributed by atoms with E-state index < -0.39 is 44.7 Å². The molecule has 2 atom stereocenters. The van der Waals surface area contributed by atoms with Crippen molar-refractivity contribution in [2.45, 2.75) is 37.3 Å². The summed E-state index contributed by atoms with van der Waals surface area (Å²) < 4.78 is 63.3. The van der Waals surface area contributed by atoms with Gasteiger partial charge in [0.2, 0.25) is 10.0 Å². The number of allylic oxidation sites excluding steroid dienone is 4. The number of nitrogens with zero attached hydrogens (tertiary/aromatic N) is 2. The summed E-state index contributed by atoms with van der Waals surface area (Å²) in [6.45, 7) is 1.62. The molecule has 0 amide bonds. The number of amidine groups is 1. The number of aliphatic imine (C=N–C) groups is 1. The van der Waals surface area contributed by atoms with Crippen molar-refractivity contribution in [2.75, 3.05) is 53.0 Å². The molecule has 1 unspecified atom stereocenters. The Hall–Kier alpha value is -2.20. The van der Waals surface area contributed by atoms with Crippen LogP contribution >= 0.6 is 22.9 Å². The number of hydrogen-bond acceptors (Lipinski definition) is 11. The molecule has 1 aliphatic heterocycles. The lowest BCUT2D eigenvalue weighted by atomic mass is 9.38. The van der Waals surface area contributed by atoms with Crippen molar-refractivity contribution < 1.29 is 36.6 Å². The molecule has 3 saturated carbocycles. The third-order valence-corrected chi connectivity index (χ3v) is 10.5. The van der Waals surface area contributed by atoms with E-state index in [-0.39, 0.29) is 30.4 Å². The molecular formula is C27H34ClFN4O7S2. The van der Waals surface area contributed by atoms with Gasteiger partial charge in [0, 0.05) is 46.3 Å². The quantitative estimate of drug-likeness (QED) is 0.218. The minimum absolute atomic E-state index is 0.0451. The molecule has 0 saturated heterocycles. The molecule has 5 aliphatic rings. The first kappa shape index (κ1) is 31.2. The molecular weight excluding hydrogens is 611 g/mol. The zero-order valence-corrected chi connectivity index (χ0v) is 25.7. The summed E-state index contributed by atoms with van der Waals surface area (Å²) in [6.07, 6.45) is 6.08. The molecule has 4 aliphatic carbocycles. The lowest BCUT2D eigenvalue weighted by Gasteiger charge is -2.71. The average Bonchev–Trinajstić information content (AvgIpc) is 3.46. The van der Waals surface area contributed by atoms with Crippen LogP contribution in [0.3, 0.4) is 0 Å². The van der Waals surface area contributed by atoms with Gasteiger partial charge in [-0.25, -0.2) is 27.3 Å². The Bertz CT molecular complexity index is 1390. The minimum atomic E-state index is -3.61. The molecule has 11 nitrogen and oxygen atoms in total. The first-order valence-electron chi connectivity index (χ1n) is 13.6. The van der Waals surface area contributed by atoms with E-state index in [9.17, 15) is 17.6 Å². The van der Waals surface area contributed by atoms with E-state index >= 15 is 0 Å². The number of nitrogens with one attached hydrogen (secondary N) is 2. The third kappa shape index (κ3) is 6.49. The summed E-state index contributed by atoms with van der Waals surface area (Å²) in [4.78, 5) is 22.5. The van der Waals surface area contributed by atoms with Gasteiger partial charge in [-0.15, -0.1) is 11.3 Å². The smallest absolute Gasteiger partial charge is 0.337 e. The lowest BCUT2D eigenvalue weighted by Crippen LogP contribution is -2.76. The van der Waals surface area contributed by atoms with Crippen LogP contribution in [-0.4, -0.2) is 89.8 Å². The van der Waals surface area contributed by atoms with Crippen LogP contribution in [-0.2, 0) is 33.8 Å². The van der Waals surface area contributed by atoms with Crippen molar-refractivity contribution in [1.82, 2.24) is 15.0 Å². The van der Waals surface area contributed by atoms with Crippen molar-refractivity contribution in [3.05, 3.63) is 50.9 Å². The number of carbonyl (C=O) groups is 1. The van der Waals surface area contributed by atoms with Crippen LogP contribution in [0, 0.1) is 11.3 Å². The summed E-state index contributed by atoms with van der Waals surface area (Å²) in [5, 5.41) is 6.06. The van der Waals surface area contributed by atoms with E-state index in [0.29, 0.717) is 61.2 Å². The second kappa shape index (κ2) is 12.8. The van der Waals surface area contributed by atoms with Crippen molar-refractivity contribution in [2.24, 2.45) is 16.3 Å². The van der Waals surface area contributed by atoms with Crippen LogP contribution in [0.25, 0.3) is 0 Å². The minimum Gasteiger partial charge on any atom is -0.466 e. The van der Waals surface area contributed by atoms with E-state index in [1.165, 1.54) is 30.6 Å². The molecule has 0 radical (unpaired) electrons. The van der Waals surface area contributed by atoms with Gasteiger partial charge in [0.05, 0.1) is 57.5 Å². The van der Waals surface area contributed by atoms with Gasteiger partial charge in [0.15, 0.2) is 10.8 Å². The van der Waals surface area contributed by atoms with Crippen molar-refractivity contribution >= 4 is 44.8 Å². The largest absolute Gasteiger partial charge is 0.466 e. The number of esters is 1. The van der Waals surface area contributed by atoms with E-state index in [2.05, 4.69) is 15.0 Å². The average molecular weight is 645 g/mol. The Morgan fingerprint density at radius 1 is 1.19 bits per heavy atom. The van der Waals surface area contributed by atoms with E-state index in [0.717, 1.165) is 0 Å². The molecule has 0 spiro atoms. The molecule has 15 heteroatoms. The fraction of sp³-hybridized carbons (Fsp3) is 0.593. The molecule has 3 fully saturated rings. The van der Waals surface area contributed by atoms with Gasteiger partial charge in [0.1, 0.15) is 5.83 Å². The highest BCUT2D eigenvalue weighted by Gasteiger charge is 2.71. The second-order valence-corrected chi connectivity index (χ2v) is 14.0. The normalized spacial score (nSPS) is 28.6. The van der Waals surface area contributed by atoms with Gasteiger partial charge < -0.3 is 24.3 Å². The van der Waals surface area contributed by atoms with Gasteiger partial charge in [-0.05, 0) is 37.8 Å². The summed E-state index contributed by atoms with van der Waals surface area (Å²) in [5.41, 5.74) is -0.123. The third-order valence-electron chi connectivity index (χ3n) is 7.93. The molecule has 2 N–H and O–H groups in total. The first-order valence-corrected chi connectivity index (χ1v) is 16.5. The van der Waals surface area contributed by atoms with Crippen molar-refractivity contribution in [3.8, 4) is 0 Å². The first-order chi connectivity index (χ1) is 20.1. The predicted octanol–water partition coefficient (Wildman–Crippen LogP) is 2.81. The number of aromatic nitrogens is 1. The Morgan fingerprint density at radius 2 is 1.90 bits per heavy atom. The molecule has 0 aromatic carbocycles. The zero-order chi connectivity index (χ0) is 30.0. The summed E-state index contributed by atoms with van der Waals surface area (Å²) >= 11 is 7.89. The van der Waals surface area contributed by atoms with Crippen LogP contribution < -0.4 is 10.0 Å². The molecule has 1 aromatic rings.